The van der Waals surface area contributed by atoms with Crippen molar-refractivity contribution >= 4 is 0 Å². The molecule has 0 fully saturated rings. The van der Waals surface area contributed by atoms with Crippen molar-refractivity contribution in [2.45, 2.75) is 24.4 Å². The molecule has 0 bridgehead atoms. The predicted molar refractivity (Wildman–Crippen MR) is 41.2 cm³/mol. The van der Waals surface area contributed by atoms with Crippen molar-refractivity contribution < 1.29 is 20.4 Å². The first-order valence-electron chi connectivity index (χ1n) is 3.69. The minimum absolute atomic E-state index is 0.250. The molecule has 0 spiro atoms. The number of hydrogen-bond donors (Lipinski definition) is 5. The summed E-state index contributed by atoms with van der Waals surface area (Å²) >= 11 is 0. The summed E-state index contributed by atoms with van der Waals surface area (Å²) < 4.78 is 0. The highest BCUT2D eigenvalue weighted by molar-refractivity contribution is 5.20. The van der Waals surface area contributed by atoms with Gasteiger partial charge in [0.1, 0.15) is 18.3 Å². The average Bonchev–Trinajstić information content (AvgIpc) is 2.08. The van der Waals surface area contributed by atoms with Gasteiger partial charge in [0.15, 0.2) is 0 Å². The van der Waals surface area contributed by atoms with Crippen LogP contribution in [0.3, 0.4) is 0 Å². The predicted octanol–water partition coefficient (Wildman–Crippen LogP) is -2.67. The molecule has 4 atom stereocenters. The van der Waals surface area contributed by atoms with E-state index in [1.54, 1.807) is 0 Å². The van der Waals surface area contributed by atoms with E-state index < -0.39 is 24.4 Å². The summed E-state index contributed by atoms with van der Waals surface area (Å²) in [4.78, 5) is 0. The molecule has 12 heavy (non-hydrogen) atoms. The minimum Gasteiger partial charge on any atom is -0.392 e. The fraction of sp³-hybridized carbons (Fsp3) is 0.714. The van der Waals surface area contributed by atoms with Crippen LogP contribution in [0.5, 0.6) is 0 Å². The van der Waals surface area contributed by atoms with E-state index in [4.69, 9.17) is 15.9 Å². The molecule has 0 radical (unpaired) electrons. The van der Waals surface area contributed by atoms with Crippen LogP contribution in [0.4, 0.5) is 0 Å². The maximum Gasteiger partial charge on any atom is 0.111 e. The average molecular weight is 175 g/mol. The molecule has 0 aromatic carbocycles. The zero-order valence-corrected chi connectivity index (χ0v) is 6.46. The molecule has 0 amide bonds. The van der Waals surface area contributed by atoms with Crippen molar-refractivity contribution in [3.05, 3.63) is 11.6 Å². The molecule has 70 valence electrons. The number of hydrogen-bond acceptors (Lipinski definition) is 5. The maximum absolute atomic E-state index is 9.23. The quantitative estimate of drug-likeness (QED) is 0.279. The van der Waals surface area contributed by atoms with Crippen LogP contribution in [0.25, 0.3) is 0 Å². The van der Waals surface area contributed by atoms with E-state index >= 15 is 0 Å². The van der Waals surface area contributed by atoms with E-state index in [1.165, 1.54) is 6.08 Å². The van der Waals surface area contributed by atoms with E-state index in [9.17, 15) is 10.2 Å². The third kappa shape index (κ3) is 1.50. The van der Waals surface area contributed by atoms with Crippen molar-refractivity contribution in [1.29, 1.82) is 0 Å². The second kappa shape index (κ2) is 3.51. The van der Waals surface area contributed by atoms with Crippen LogP contribution in [-0.4, -0.2) is 51.4 Å². The molecular weight excluding hydrogens is 162 g/mol. The lowest BCUT2D eigenvalue weighted by Gasteiger charge is -2.32. The topological polar surface area (TPSA) is 107 Å². The van der Waals surface area contributed by atoms with E-state index in [0.717, 1.165) is 0 Å². The lowest BCUT2D eigenvalue weighted by Crippen LogP contribution is -2.52. The normalized spacial score (nSPS) is 42.6. The van der Waals surface area contributed by atoms with Crippen molar-refractivity contribution in [1.82, 2.24) is 0 Å². The van der Waals surface area contributed by atoms with Gasteiger partial charge in [-0.05, 0) is 5.57 Å². The summed E-state index contributed by atoms with van der Waals surface area (Å²) in [6.45, 7) is -0.362. The van der Waals surface area contributed by atoms with Gasteiger partial charge in [0.2, 0.25) is 0 Å². The number of aliphatic hydroxyl groups excluding tert-OH is 4. The zero-order chi connectivity index (χ0) is 9.30. The Balaban J connectivity index is 2.84. The summed E-state index contributed by atoms with van der Waals surface area (Å²) in [6.07, 6.45) is -2.34. The van der Waals surface area contributed by atoms with Gasteiger partial charge >= 0.3 is 0 Å². The van der Waals surface area contributed by atoms with Gasteiger partial charge in [-0.1, -0.05) is 6.08 Å². The molecule has 2 unspecified atom stereocenters. The summed E-state index contributed by atoms with van der Waals surface area (Å²) in [5.41, 5.74) is 5.64. The molecule has 5 nitrogen and oxygen atoms in total. The number of rotatable bonds is 1. The molecule has 0 aliphatic heterocycles. The van der Waals surface area contributed by atoms with Crippen molar-refractivity contribution in [3.63, 3.8) is 0 Å². The van der Waals surface area contributed by atoms with Crippen LogP contribution in [-0.2, 0) is 0 Å². The van der Waals surface area contributed by atoms with E-state index in [-0.39, 0.29) is 12.2 Å². The molecule has 1 rings (SSSR count). The van der Waals surface area contributed by atoms with Crippen molar-refractivity contribution in [2.24, 2.45) is 5.73 Å². The van der Waals surface area contributed by atoms with Gasteiger partial charge in [0.25, 0.3) is 0 Å². The summed E-state index contributed by atoms with van der Waals surface area (Å²) in [5, 5.41) is 36.3. The zero-order valence-electron chi connectivity index (χ0n) is 6.46. The van der Waals surface area contributed by atoms with E-state index in [0.29, 0.717) is 0 Å². The van der Waals surface area contributed by atoms with Gasteiger partial charge in [-0.2, -0.15) is 0 Å². The Hall–Kier alpha value is -0.460. The standard InChI is InChI=1S/C7H13NO4/c8-4-1-3(2-9)5(10)7(12)6(4)11/h1,4-7,9-12H,2,8H2/t4-,5+,6?,7?/m1/s1. The Labute approximate surface area is 69.8 Å². The van der Waals surface area contributed by atoms with Gasteiger partial charge < -0.3 is 26.2 Å². The van der Waals surface area contributed by atoms with Crippen LogP contribution >= 0.6 is 0 Å². The minimum atomic E-state index is -1.31. The first-order chi connectivity index (χ1) is 5.57. The van der Waals surface area contributed by atoms with Crippen LogP contribution < -0.4 is 5.73 Å². The molecule has 0 heterocycles. The second-order valence-corrected chi connectivity index (χ2v) is 2.90. The van der Waals surface area contributed by atoms with Crippen LogP contribution in [0.1, 0.15) is 0 Å². The number of nitrogens with two attached hydrogens (primary N) is 1. The Morgan fingerprint density at radius 3 is 2.33 bits per heavy atom. The number of aliphatic hydroxyl groups is 4. The monoisotopic (exact) mass is 175 g/mol. The van der Waals surface area contributed by atoms with Crippen molar-refractivity contribution in [2.75, 3.05) is 6.61 Å². The van der Waals surface area contributed by atoms with Gasteiger partial charge in [-0.3, -0.25) is 0 Å². The Kier molecular flexibility index (Phi) is 2.81. The Bertz CT molecular complexity index is 194. The Morgan fingerprint density at radius 2 is 1.83 bits per heavy atom. The highest BCUT2D eigenvalue weighted by Gasteiger charge is 2.34. The summed E-state index contributed by atoms with van der Waals surface area (Å²) in [7, 11) is 0. The first kappa shape index (κ1) is 9.63. The van der Waals surface area contributed by atoms with Gasteiger partial charge in [0, 0.05) is 0 Å². The fourth-order valence-electron chi connectivity index (χ4n) is 1.22. The molecule has 0 aromatic heterocycles. The molecule has 1 aliphatic rings. The molecule has 5 heteroatoms. The lowest BCUT2D eigenvalue weighted by atomic mass is 9.89. The molecule has 0 saturated carbocycles. The molecular formula is C7H13NO4. The van der Waals surface area contributed by atoms with Crippen LogP contribution in [0, 0.1) is 0 Å². The smallest absolute Gasteiger partial charge is 0.111 e. The lowest BCUT2D eigenvalue weighted by molar-refractivity contribution is -0.0596. The highest BCUT2D eigenvalue weighted by Crippen LogP contribution is 2.18. The summed E-state index contributed by atoms with van der Waals surface area (Å²) in [5.74, 6) is 0. The fourth-order valence-corrected chi connectivity index (χ4v) is 1.22. The van der Waals surface area contributed by atoms with E-state index in [2.05, 4.69) is 0 Å². The third-order valence-electron chi connectivity index (χ3n) is 2.04. The third-order valence-corrected chi connectivity index (χ3v) is 2.04. The van der Waals surface area contributed by atoms with Crippen molar-refractivity contribution in [3.8, 4) is 0 Å². The molecule has 1 aliphatic carbocycles. The van der Waals surface area contributed by atoms with E-state index in [1.807, 2.05) is 0 Å². The SMILES string of the molecule is N[C@@H]1C=C(CO)[C@H](O)C(O)C1O. The van der Waals surface area contributed by atoms with Crippen LogP contribution in [0.2, 0.25) is 0 Å². The second-order valence-electron chi connectivity index (χ2n) is 2.90. The Morgan fingerprint density at radius 1 is 1.25 bits per heavy atom. The van der Waals surface area contributed by atoms with Gasteiger partial charge in [-0.25, -0.2) is 0 Å². The van der Waals surface area contributed by atoms with Crippen LogP contribution in [0.15, 0.2) is 11.6 Å². The largest absolute Gasteiger partial charge is 0.392 e. The molecule has 0 saturated heterocycles. The first-order valence-corrected chi connectivity index (χ1v) is 3.69. The highest BCUT2D eigenvalue weighted by atomic mass is 16.4. The summed E-state index contributed by atoms with van der Waals surface area (Å²) in [6, 6.07) is -0.731. The molecule has 6 N–H and O–H groups in total. The van der Waals surface area contributed by atoms with Gasteiger partial charge in [-0.15, -0.1) is 0 Å². The van der Waals surface area contributed by atoms with Gasteiger partial charge in [0.05, 0.1) is 12.6 Å². The molecule has 0 aromatic rings. The maximum atomic E-state index is 9.23.